The van der Waals surface area contributed by atoms with Gasteiger partial charge in [0.05, 0.1) is 19.7 Å². The normalized spacial score (nSPS) is 11.3. The smallest absolute Gasteiger partial charge is 0.419 e. The predicted molar refractivity (Wildman–Crippen MR) is 89.9 cm³/mol. The van der Waals surface area contributed by atoms with Crippen LogP contribution in [-0.2, 0) is 7.05 Å². The van der Waals surface area contributed by atoms with Gasteiger partial charge in [-0.3, -0.25) is 4.57 Å². The van der Waals surface area contributed by atoms with Crippen LogP contribution in [0.15, 0.2) is 45.6 Å². The van der Waals surface area contributed by atoms with Crippen LogP contribution < -0.4 is 15.2 Å². The van der Waals surface area contributed by atoms with E-state index in [1.54, 1.807) is 21.3 Å². The number of aryl methyl sites for hydroxylation is 1. The van der Waals surface area contributed by atoms with Crippen molar-refractivity contribution in [2.45, 2.75) is 0 Å². The standard InChI is InChI=1S/C18H17NO4/c1-19-14-8-6-12(10-16(14)23-18(19)20)4-5-13-7-9-15(21-2)17(11-13)22-3/h4-11H,1-3H3/b5-4+. The SMILES string of the molecule is COc1ccc(/C=C/c2ccc3c(c2)oc(=O)n3C)cc1OC. The Morgan fingerprint density at radius 1 is 0.957 bits per heavy atom. The Balaban J connectivity index is 1.92. The molecule has 2 aromatic carbocycles. The molecule has 1 aromatic heterocycles. The maximum Gasteiger partial charge on any atom is 0.419 e. The molecular weight excluding hydrogens is 294 g/mol. The van der Waals surface area contributed by atoms with Crippen LogP contribution in [0.4, 0.5) is 0 Å². The second kappa shape index (κ2) is 6.04. The number of oxazole rings is 1. The van der Waals surface area contributed by atoms with Crippen molar-refractivity contribution in [2.75, 3.05) is 14.2 Å². The van der Waals surface area contributed by atoms with E-state index in [1.807, 2.05) is 48.6 Å². The van der Waals surface area contributed by atoms with Gasteiger partial charge in [0.1, 0.15) is 0 Å². The molecule has 0 unspecified atom stereocenters. The summed E-state index contributed by atoms with van der Waals surface area (Å²) in [5.41, 5.74) is 3.28. The first-order valence-electron chi connectivity index (χ1n) is 7.12. The van der Waals surface area contributed by atoms with E-state index < -0.39 is 0 Å². The van der Waals surface area contributed by atoms with Crippen molar-refractivity contribution >= 4 is 23.3 Å². The van der Waals surface area contributed by atoms with Gasteiger partial charge in [-0.25, -0.2) is 4.79 Å². The average molecular weight is 311 g/mol. The molecule has 5 heteroatoms. The van der Waals surface area contributed by atoms with Gasteiger partial charge in [0.2, 0.25) is 0 Å². The molecular formula is C18H17NO4. The minimum Gasteiger partial charge on any atom is -0.493 e. The summed E-state index contributed by atoms with van der Waals surface area (Å²) >= 11 is 0. The monoisotopic (exact) mass is 311 g/mol. The highest BCUT2D eigenvalue weighted by Gasteiger charge is 2.05. The van der Waals surface area contributed by atoms with E-state index in [-0.39, 0.29) is 5.76 Å². The Bertz CT molecular complexity index is 934. The molecule has 0 saturated heterocycles. The predicted octanol–water partition coefficient (Wildman–Crippen LogP) is 3.32. The Morgan fingerprint density at radius 2 is 1.61 bits per heavy atom. The molecule has 0 spiro atoms. The number of methoxy groups -OCH3 is 2. The summed E-state index contributed by atoms with van der Waals surface area (Å²) in [4.78, 5) is 11.5. The molecule has 0 amide bonds. The molecule has 0 fully saturated rings. The second-order valence-electron chi connectivity index (χ2n) is 5.10. The Morgan fingerprint density at radius 3 is 2.30 bits per heavy atom. The number of fused-ring (bicyclic) bond motifs is 1. The molecule has 0 aliphatic heterocycles. The van der Waals surface area contributed by atoms with Crippen molar-refractivity contribution in [1.82, 2.24) is 4.57 Å². The fourth-order valence-corrected chi connectivity index (χ4v) is 2.40. The van der Waals surface area contributed by atoms with Crippen LogP contribution in [0.1, 0.15) is 11.1 Å². The molecule has 0 saturated carbocycles. The number of rotatable bonds is 4. The van der Waals surface area contributed by atoms with Gasteiger partial charge in [-0.1, -0.05) is 24.3 Å². The lowest BCUT2D eigenvalue weighted by Crippen LogP contribution is -2.08. The summed E-state index contributed by atoms with van der Waals surface area (Å²) in [6.07, 6.45) is 3.91. The number of ether oxygens (including phenoxy) is 2. The molecule has 3 rings (SSSR count). The molecule has 1 heterocycles. The fourth-order valence-electron chi connectivity index (χ4n) is 2.40. The van der Waals surface area contributed by atoms with Gasteiger partial charge < -0.3 is 13.9 Å². The van der Waals surface area contributed by atoms with Crippen molar-refractivity contribution < 1.29 is 13.9 Å². The minimum atomic E-state index is -0.360. The van der Waals surface area contributed by atoms with E-state index in [4.69, 9.17) is 13.9 Å². The Kier molecular flexibility index (Phi) is 3.93. The molecule has 0 bridgehead atoms. The summed E-state index contributed by atoms with van der Waals surface area (Å²) in [5, 5.41) is 0. The van der Waals surface area contributed by atoms with Crippen molar-refractivity contribution in [2.24, 2.45) is 7.05 Å². The number of hydrogen-bond acceptors (Lipinski definition) is 4. The molecule has 23 heavy (non-hydrogen) atoms. The summed E-state index contributed by atoms with van der Waals surface area (Å²) in [7, 11) is 4.90. The third kappa shape index (κ3) is 2.85. The first-order valence-corrected chi connectivity index (χ1v) is 7.12. The Labute approximate surface area is 133 Å². The molecule has 118 valence electrons. The summed E-state index contributed by atoms with van der Waals surface area (Å²) in [5.74, 6) is 1.01. The number of hydrogen-bond donors (Lipinski definition) is 0. The second-order valence-corrected chi connectivity index (χ2v) is 5.10. The van der Waals surface area contributed by atoms with Crippen molar-refractivity contribution in [1.29, 1.82) is 0 Å². The molecule has 3 aromatic rings. The van der Waals surface area contributed by atoms with Crippen molar-refractivity contribution in [3.63, 3.8) is 0 Å². The van der Waals surface area contributed by atoms with Crippen LogP contribution in [0.5, 0.6) is 11.5 Å². The zero-order valence-corrected chi connectivity index (χ0v) is 13.2. The van der Waals surface area contributed by atoms with Gasteiger partial charge >= 0.3 is 5.76 Å². The summed E-state index contributed by atoms with van der Waals surface area (Å²) < 4.78 is 17.2. The van der Waals surface area contributed by atoms with E-state index in [9.17, 15) is 4.79 Å². The average Bonchev–Trinajstić information content (AvgIpc) is 2.86. The third-order valence-corrected chi connectivity index (χ3v) is 3.69. The molecule has 0 N–H and O–H groups in total. The molecule has 0 aliphatic carbocycles. The van der Waals surface area contributed by atoms with Crippen LogP contribution >= 0.6 is 0 Å². The van der Waals surface area contributed by atoms with Gasteiger partial charge in [-0.2, -0.15) is 0 Å². The lowest BCUT2D eigenvalue weighted by atomic mass is 10.1. The van der Waals surface area contributed by atoms with Crippen LogP contribution in [-0.4, -0.2) is 18.8 Å². The fraction of sp³-hybridized carbons (Fsp3) is 0.167. The van der Waals surface area contributed by atoms with E-state index in [1.165, 1.54) is 4.57 Å². The zero-order valence-electron chi connectivity index (χ0n) is 13.2. The summed E-state index contributed by atoms with van der Waals surface area (Å²) in [6, 6.07) is 11.4. The highest BCUT2D eigenvalue weighted by Crippen LogP contribution is 2.28. The number of nitrogens with zero attached hydrogens (tertiary/aromatic N) is 1. The minimum absolute atomic E-state index is 0.360. The van der Waals surface area contributed by atoms with Crippen LogP contribution in [0, 0.1) is 0 Å². The maximum absolute atomic E-state index is 11.5. The van der Waals surface area contributed by atoms with Crippen LogP contribution in [0.3, 0.4) is 0 Å². The summed E-state index contributed by atoms with van der Waals surface area (Å²) in [6.45, 7) is 0. The van der Waals surface area contributed by atoms with Crippen molar-refractivity contribution in [3.8, 4) is 11.5 Å². The van der Waals surface area contributed by atoms with Gasteiger partial charge in [0.15, 0.2) is 17.1 Å². The van der Waals surface area contributed by atoms with Crippen LogP contribution in [0.2, 0.25) is 0 Å². The van der Waals surface area contributed by atoms with Crippen molar-refractivity contribution in [3.05, 3.63) is 58.1 Å². The molecule has 5 nitrogen and oxygen atoms in total. The van der Waals surface area contributed by atoms with E-state index in [0.29, 0.717) is 17.1 Å². The lowest BCUT2D eigenvalue weighted by Gasteiger charge is -2.07. The topological polar surface area (TPSA) is 53.6 Å². The molecule has 0 aliphatic rings. The van der Waals surface area contributed by atoms with E-state index in [0.717, 1.165) is 16.6 Å². The largest absolute Gasteiger partial charge is 0.493 e. The van der Waals surface area contributed by atoms with Gasteiger partial charge in [0, 0.05) is 7.05 Å². The maximum atomic E-state index is 11.5. The highest BCUT2D eigenvalue weighted by molar-refractivity contribution is 5.79. The zero-order chi connectivity index (χ0) is 16.4. The van der Waals surface area contributed by atoms with E-state index >= 15 is 0 Å². The molecule has 0 radical (unpaired) electrons. The lowest BCUT2D eigenvalue weighted by molar-refractivity contribution is 0.355. The molecule has 0 atom stereocenters. The van der Waals surface area contributed by atoms with Gasteiger partial charge in [-0.15, -0.1) is 0 Å². The highest BCUT2D eigenvalue weighted by atomic mass is 16.5. The quantitative estimate of drug-likeness (QED) is 0.694. The first kappa shape index (κ1) is 15.0. The van der Waals surface area contributed by atoms with Crippen LogP contribution in [0.25, 0.3) is 23.3 Å². The third-order valence-electron chi connectivity index (χ3n) is 3.69. The van der Waals surface area contributed by atoms with Gasteiger partial charge in [-0.05, 0) is 35.4 Å². The Hall–Kier alpha value is -2.95. The first-order chi connectivity index (χ1) is 11.1. The number of benzene rings is 2. The number of aromatic nitrogens is 1. The van der Waals surface area contributed by atoms with Gasteiger partial charge in [0.25, 0.3) is 0 Å². The van der Waals surface area contributed by atoms with E-state index in [2.05, 4.69) is 0 Å².